The van der Waals surface area contributed by atoms with Crippen molar-refractivity contribution < 1.29 is 4.79 Å². The lowest BCUT2D eigenvalue weighted by Gasteiger charge is -2.40. The molecule has 3 heteroatoms. The van der Waals surface area contributed by atoms with E-state index < -0.39 is 0 Å². The van der Waals surface area contributed by atoms with Crippen molar-refractivity contribution >= 4 is 5.91 Å². The van der Waals surface area contributed by atoms with Crippen molar-refractivity contribution in [1.29, 1.82) is 0 Å². The number of carbonyl (C=O) groups excluding carboxylic acids is 1. The van der Waals surface area contributed by atoms with E-state index in [0.29, 0.717) is 18.0 Å². The second-order valence-corrected chi connectivity index (χ2v) is 5.95. The molecule has 2 fully saturated rings. The van der Waals surface area contributed by atoms with Gasteiger partial charge in [-0.05, 0) is 26.7 Å². The van der Waals surface area contributed by atoms with Gasteiger partial charge in [-0.1, -0.05) is 19.8 Å². The molecule has 16 heavy (non-hydrogen) atoms. The maximum absolute atomic E-state index is 12.5. The second kappa shape index (κ2) is 4.36. The van der Waals surface area contributed by atoms with Gasteiger partial charge in [0.25, 0.3) is 0 Å². The molecular formula is C13H24N2O. The lowest BCUT2D eigenvalue weighted by molar-refractivity contribution is -0.142. The quantitative estimate of drug-likeness (QED) is 0.736. The van der Waals surface area contributed by atoms with Crippen LogP contribution >= 0.6 is 0 Å². The van der Waals surface area contributed by atoms with Crippen LogP contribution in [0.5, 0.6) is 0 Å². The number of hydrogen-bond donors (Lipinski definition) is 1. The first kappa shape index (κ1) is 11.9. The molecule has 2 unspecified atom stereocenters. The van der Waals surface area contributed by atoms with Crippen LogP contribution in [-0.4, -0.2) is 36.0 Å². The molecule has 2 aliphatic rings. The summed E-state index contributed by atoms with van der Waals surface area (Å²) in [5.74, 6) is 0.394. The molecule has 0 bridgehead atoms. The lowest BCUT2D eigenvalue weighted by atomic mass is 9.86. The summed E-state index contributed by atoms with van der Waals surface area (Å²) in [5, 5.41) is 3.47. The molecule has 0 radical (unpaired) electrons. The average molecular weight is 224 g/mol. The summed E-state index contributed by atoms with van der Waals surface area (Å²) in [6.45, 7) is 8.22. The van der Waals surface area contributed by atoms with Crippen molar-refractivity contribution in [3.05, 3.63) is 0 Å². The van der Waals surface area contributed by atoms with E-state index in [9.17, 15) is 4.79 Å². The van der Waals surface area contributed by atoms with Crippen LogP contribution < -0.4 is 5.32 Å². The third-order valence-electron chi connectivity index (χ3n) is 4.07. The molecule has 3 nitrogen and oxygen atoms in total. The molecular weight excluding hydrogens is 200 g/mol. The molecule has 1 aliphatic carbocycles. The van der Waals surface area contributed by atoms with Gasteiger partial charge in [0.05, 0.1) is 0 Å². The normalized spacial score (nSPS) is 34.1. The van der Waals surface area contributed by atoms with E-state index in [-0.39, 0.29) is 5.41 Å². The maximum Gasteiger partial charge on any atom is 0.228 e. The van der Waals surface area contributed by atoms with Gasteiger partial charge in [-0.25, -0.2) is 0 Å². The predicted molar refractivity (Wildman–Crippen MR) is 65.2 cm³/mol. The number of nitrogens with one attached hydrogen (secondary N) is 1. The highest BCUT2D eigenvalue weighted by molar-refractivity contribution is 5.82. The third kappa shape index (κ3) is 2.24. The highest BCUT2D eigenvalue weighted by atomic mass is 16.2. The topological polar surface area (TPSA) is 32.3 Å². The van der Waals surface area contributed by atoms with E-state index in [2.05, 4.69) is 31.0 Å². The van der Waals surface area contributed by atoms with Crippen molar-refractivity contribution in [2.24, 2.45) is 5.41 Å². The summed E-state index contributed by atoms with van der Waals surface area (Å²) in [7, 11) is 0. The van der Waals surface area contributed by atoms with Crippen molar-refractivity contribution in [1.82, 2.24) is 10.2 Å². The Hall–Kier alpha value is -0.570. The molecule has 0 spiro atoms. The van der Waals surface area contributed by atoms with E-state index in [4.69, 9.17) is 0 Å². The van der Waals surface area contributed by atoms with Crippen molar-refractivity contribution in [2.45, 2.75) is 58.5 Å². The van der Waals surface area contributed by atoms with Gasteiger partial charge in [-0.3, -0.25) is 4.79 Å². The Bertz CT molecular complexity index is 261. The zero-order valence-electron chi connectivity index (χ0n) is 10.8. The molecule has 0 aromatic heterocycles. The Kier molecular flexibility index (Phi) is 3.24. The van der Waals surface area contributed by atoms with E-state index in [1.165, 1.54) is 12.8 Å². The number of amides is 1. The maximum atomic E-state index is 12.5. The van der Waals surface area contributed by atoms with Gasteiger partial charge >= 0.3 is 0 Å². The van der Waals surface area contributed by atoms with Gasteiger partial charge in [0.2, 0.25) is 5.91 Å². The lowest BCUT2D eigenvalue weighted by Crippen LogP contribution is -2.58. The molecule has 92 valence electrons. The van der Waals surface area contributed by atoms with E-state index >= 15 is 0 Å². The molecule has 1 saturated heterocycles. The first-order valence-electron chi connectivity index (χ1n) is 6.57. The minimum atomic E-state index is -0.0587. The molecule has 1 amide bonds. The monoisotopic (exact) mass is 224 g/mol. The molecule has 1 saturated carbocycles. The molecule has 1 N–H and O–H groups in total. The van der Waals surface area contributed by atoms with Gasteiger partial charge < -0.3 is 10.2 Å². The first-order valence-corrected chi connectivity index (χ1v) is 6.57. The summed E-state index contributed by atoms with van der Waals surface area (Å²) in [6, 6.07) is 0.857. The highest BCUT2D eigenvalue weighted by Crippen LogP contribution is 2.39. The number of rotatable bonds is 1. The fraction of sp³-hybridized carbons (Fsp3) is 0.923. The van der Waals surface area contributed by atoms with Gasteiger partial charge in [0.15, 0.2) is 0 Å². The Morgan fingerprint density at radius 3 is 2.19 bits per heavy atom. The largest absolute Gasteiger partial charge is 0.339 e. The van der Waals surface area contributed by atoms with Gasteiger partial charge in [-0.15, -0.1) is 0 Å². The zero-order chi connectivity index (χ0) is 11.8. The van der Waals surface area contributed by atoms with Crippen LogP contribution in [0.2, 0.25) is 0 Å². The fourth-order valence-electron chi connectivity index (χ4n) is 3.24. The van der Waals surface area contributed by atoms with Crippen LogP contribution in [0.25, 0.3) is 0 Å². The molecule has 0 aromatic carbocycles. The number of piperazine rings is 1. The highest BCUT2D eigenvalue weighted by Gasteiger charge is 2.40. The summed E-state index contributed by atoms with van der Waals surface area (Å²) in [5.41, 5.74) is -0.0587. The SMILES string of the molecule is CC1CN(C(=O)C2(C)CCCC2)CC(C)N1. The summed E-state index contributed by atoms with van der Waals surface area (Å²) < 4.78 is 0. The molecule has 2 atom stereocenters. The van der Waals surface area contributed by atoms with E-state index in [1.54, 1.807) is 0 Å². The molecule has 0 aromatic rings. The van der Waals surface area contributed by atoms with Crippen LogP contribution in [0.15, 0.2) is 0 Å². The predicted octanol–water partition coefficient (Wildman–Crippen LogP) is 1.78. The van der Waals surface area contributed by atoms with Gasteiger partial charge in [-0.2, -0.15) is 0 Å². The smallest absolute Gasteiger partial charge is 0.228 e. The number of nitrogens with zero attached hydrogens (tertiary/aromatic N) is 1. The van der Waals surface area contributed by atoms with E-state index in [0.717, 1.165) is 25.9 Å². The average Bonchev–Trinajstić information content (AvgIpc) is 2.64. The molecule has 1 aliphatic heterocycles. The summed E-state index contributed by atoms with van der Waals surface area (Å²) in [4.78, 5) is 14.6. The minimum Gasteiger partial charge on any atom is -0.339 e. The van der Waals surface area contributed by atoms with Gasteiger partial charge in [0, 0.05) is 30.6 Å². The summed E-state index contributed by atoms with van der Waals surface area (Å²) >= 11 is 0. The fourth-order valence-corrected chi connectivity index (χ4v) is 3.24. The van der Waals surface area contributed by atoms with Crippen molar-refractivity contribution in [3.63, 3.8) is 0 Å². The zero-order valence-corrected chi connectivity index (χ0v) is 10.8. The van der Waals surface area contributed by atoms with Gasteiger partial charge in [0.1, 0.15) is 0 Å². The first-order chi connectivity index (χ1) is 7.51. The van der Waals surface area contributed by atoms with Crippen LogP contribution in [0.3, 0.4) is 0 Å². The molecule has 2 rings (SSSR count). The van der Waals surface area contributed by atoms with Crippen molar-refractivity contribution in [2.75, 3.05) is 13.1 Å². The Labute approximate surface area is 98.6 Å². The van der Waals surface area contributed by atoms with Crippen LogP contribution in [0.1, 0.15) is 46.5 Å². The van der Waals surface area contributed by atoms with Crippen molar-refractivity contribution in [3.8, 4) is 0 Å². The Morgan fingerprint density at radius 1 is 1.19 bits per heavy atom. The van der Waals surface area contributed by atoms with Crippen LogP contribution in [0.4, 0.5) is 0 Å². The summed E-state index contributed by atoms with van der Waals surface area (Å²) in [6.07, 6.45) is 4.61. The Balaban J connectivity index is 2.03. The number of hydrogen-bond acceptors (Lipinski definition) is 2. The second-order valence-electron chi connectivity index (χ2n) is 5.95. The number of carbonyl (C=O) groups is 1. The third-order valence-corrected chi connectivity index (χ3v) is 4.07. The molecule has 1 heterocycles. The van der Waals surface area contributed by atoms with Crippen LogP contribution in [-0.2, 0) is 4.79 Å². The van der Waals surface area contributed by atoms with E-state index in [1.807, 2.05) is 0 Å². The van der Waals surface area contributed by atoms with Crippen LogP contribution in [0, 0.1) is 5.41 Å². The standard InChI is InChI=1S/C13H24N2O/c1-10-8-15(9-11(2)14-10)12(16)13(3)6-4-5-7-13/h10-11,14H,4-9H2,1-3H3. The minimum absolute atomic E-state index is 0.0587. The Morgan fingerprint density at radius 2 is 1.69 bits per heavy atom.